The summed E-state index contributed by atoms with van der Waals surface area (Å²) in [6, 6.07) is 12.6. The van der Waals surface area contributed by atoms with Crippen molar-refractivity contribution in [1.29, 1.82) is 0 Å². The minimum atomic E-state index is -3.29. The van der Waals surface area contributed by atoms with Crippen LogP contribution in [-0.4, -0.2) is 28.4 Å². The van der Waals surface area contributed by atoms with E-state index >= 15 is 0 Å². The number of sulfonamides is 1. The summed E-state index contributed by atoms with van der Waals surface area (Å²) in [7, 11) is -0.113. The zero-order valence-corrected chi connectivity index (χ0v) is 15.5. The highest BCUT2D eigenvalue weighted by Crippen LogP contribution is 2.31. The topological polar surface area (TPSA) is 76.7 Å². The molecule has 0 unspecified atom stereocenters. The summed E-state index contributed by atoms with van der Waals surface area (Å²) >= 11 is 0. The first kappa shape index (κ1) is 18.9. The molecule has 7 heteroatoms. The third-order valence-electron chi connectivity index (χ3n) is 3.60. The zero-order chi connectivity index (χ0) is 18.3. The normalized spacial score (nSPS) is 11.0. The van der Waals surface area contributed by atoms with E-state index in [1.807, 2.05) is 37.3 Å². The summed E-state index contributed by atoms with van der Waals surface area (Å²) < 4.78 is 36.9. The summed E-state index contributed by atoms with van der Waals surface area (Å²) in [6.45, 7) is 1.96. The quantitative estimate of drug-likeness (QED) is 0.703. The second-order valence-electron chi connectivity index (χ2n) is 5.55. The van der Waals surface area contributed by atoms with Gasteiger partial charge in [-0.25, -0.2) is 8.42 Å². The molecular weight excluding hydrogens is 340 g/mol. The number of unbranched alkanes of at least 4 members (excludes halogenated alkanes) is 1. The zero-order valence-electron chi connectivity index (χ0n) is 14.7. The van der Waals surface area contributed by atoms with Crippen molar-refractivity contribution in [2.75, 3.05) is 30.0 Å². The first-order valence-electron chi connectivity index (χ1n) is 8.07. The van der Waals surface area contributed by atoms with Crippen molar-refractivity contribution in [2.24, 2.45) is 0 Å². The second-order valence-corrected chi connectivity index (χ2v) is 7.39. The van der Waals surface area contributed by atoms with Crippen LogP contribution in [0.1, 0.15) is 19.8 Å². The smallest absolute Gasteiger partial charge is 0.232 e. The van der Waals surface area contributed by atoms with E-state index in [-0.39, 0.29) is 5.75 Å². The van der Waals surface area contributed by atoms with Crippen LogP contribution >= 0.6 is 0 Å². The van der Waals surface area contributed by atoms with Crippen molar-refractivity contribution in [3.8, 4) is 11.5 Å². The molecule has 2 rings (SSSR count). The molecule has 0 amide bonds. The van der Waals surface area contributed by atoms with Crippen LogP contribution in [0.3, 0.4) is 0 Å². The van der Waals surface area contributed by atoms with Gasteiger partial charge < -0.3 is 14.8 Å². The van der Waals surface area contributed by atoms with Gasteiger partial charge in [0.2, 0.25) is 10.0 Å². The van der Waals surface area contributed by atoms with Crippen molar-refractivity contribution < 1.29 is 17.9 Å². The maximum atomic E-state index is 11.9. The first-order chi connectivity index (χ1) is 12.0. The summed E-state index contributed by atoms with van der Waals surface area (Å²) in [6.07, 6.45) is 1.49. The van der Waals surface area contributed by atoms with Crippen LogP contribution in [0.5, 0.6) is 11.5 Å². The Morgan fingerprint density at radius 1 is 0.880 bits per heavy atom. The fourth-order valence-corrected chi connectivity index (χ4v) is 3.53. The number of benzene rings is 2. The van der Waals surface area contributed by atoms with Crippen LogP contribution in [0, 0.1) is 0 Å². The highest BCUT2D eigenvalue weighted by atomic mass is 32.2. The Bertz CT molecular complexity index is 789. The van der Waals surface area contributed by atoms with Crippen molar-refractivity contribution in [3.63, 3.8) is 0 Å². The van der Waals surface area contributed by atoms with Crippen molar-refractivity contribution >= 4 is 27.1 Å². The summed E-state index contributed by atoms with van der Waals surface area (Å²) in [5, 5.41) is 3.24. The van der Waals surface area contributed by atoms with Crippen molar-refractivity contribution in [1.82, 2.24) is 0 Å². The maximum Gasteiger partial charge on any atom is 0.232 e. The second kappa shape index (κ2) is 8.62. The third-order valence-corrected chi connectivity index (χ3v) is 4.97. The fourth-order valence-electron chi connectivity index (χ4n) is 2.27. The van der Waals surface area contributed by atoms with Crippen LogP contribution in [0.2, 0.25) is 0 Å². The summed E-state index contributed by atoms with van der Waals surface area (Å²) in [5.41, 5.74) is 2.23. The van der Waals surface area contributed by atoms with Gasteiger partial charge in [-0.1, -0.05) is 13.3 Å². The summed E-state index contributed by atoms with van der Waals surface area (Å²) in [4.78, 5) is 0. The Morgan fingerprint density at radius 3 is 2.08 bits per heavy atom. The Morgan fingerprint density at radius 2 is 1.48 bits per heavy atom. The van der Waals surface area contributed by atoms with Crippen LogP contribution in [0.15, 0.2) is 42.5 Å². The van der Waals surface area contributed by atoms with Crippen LogP contribution < -0.4 is 19.5 Å². The van der Waals surface area contributed by atoms with E-state index < -0.39 is 10.0 Å². The summed E-state index contributed by atoms with van der Waals surface area (Å²) in [5.74, 6) is 1.42. The molecule has 0 aliphatic carbocycles. The van der Waals surface area contributed by atoms with Crippen LogP contribution in [0.25, 0.3) is 0 Å². The molecule has 2 aromatic carbocycles. The number of ether oxygens (including phenoxy) is 2. The molecule has 0 atom stereocenters. The molecule has 25 heavy (non-hydrogen) atoms. The molecule has 0 aliphatic rings. The highest BCUT2D eigenvalue weighted by molar-refractivity contribution is 7.92. The van der Waals surface area contributed by atoms with Gasteiger partial charge in [0.05, 0.1) is 20.0 Å². The third kappa shape index (κ3) is 5.56. The fraction of sp³-hybridized carbons (Fsp3) is 0.333. The Kier molecular flexibility index (Phi) is 6.52. The first-order valence-corrected chi connectivity index (χ1v) is 9.72. The average molecular weight is 364 g/mol. The molecule has 0 aromatic heterocycles. The largest absolute Gasteiger partial charge is 0.493 e. The molecule has 136 valence electrons. The van der Waals surface area contributed by atoms with Crippen LogP contribution in [-0.2, 0) is 10.0 Å². The van der Waals surface area contributed by atoms with E-state index in [9.17, 15) is 8.42 Å². The van der Waals surface area contributed by atoms with Gasteiger partial charge in [-0.05, 0) is 42.8 Å². The molecule has 2 N–H and O–H groups in total. The molecule has 0 saturated heterocycles. The lowest BCUT2D eigenvalue weighted by Crippen LogP contribution is -2.16. The number of hydrogen-bond donors (Lipinski definition) is 2. The molecule has 0 radical (unpaired) electrons. The van der Waals surface area contributed by atoms with Gasteiger partial charge >= 0.3 is 0 Å². The molecule has 0 heterocycles. The van der Waals surface area contributed by atoms with Crippen molar-refractivity contribution in [2.45, 2.75) is 19.8 Å². The van der Waals surface area contributed by atoms with Gasteiger partial charge in [0.15, 0.2) is 11.5 Å². The lowest BCUT2D eigenvalue weighted by Gasteiger charge is -2.12. The minimum Gasteiger partial charge on any atom is -0.493 e. The molecule has 0 bridgehead atoms. The Balaban J connectivity index is 2.05. The average Bonchev–Trinajstić information content (AvgIpc) is 2.61. The van der Waals surface area contributed by atoms with E-state index in [0.717, 1.165) is 17.8 Å². The Labute approximate surface area is 149 Å². The van der Waals surface area contributed by atoms with Gasteiger partial charge in [-0.15, -0.1) is 0 Å². The minimum absolute atomic E-state index is 0.134. The lowest BCUT2D eigenvalue weighted by atomic mass is 10.2. The predicted molar refractivity (Wildman–Crippen MR) is 102 cm³/mol. The van der Waals surface area contributed by atoms with Crippen molar-refractivity contribution in [3.05, 3.63) is 42.5 Å². The SMILES string of the molecule is CCCCS(=O)(=O)Nc1ccc(Nc2ccc(OC)c(OC)c2)cc1. The highest BCUT2D eigenvalue weighted by Gasteiger charge is 2.09. The van der Waals surface area contributed by atoms with E-state index in [4.69, 9.17) is 9.47 Å². The number of anilines is 3. The predicted octanol–water partition coefficient (Wildman–Crippen LogP) is 3.99. The maximum absolute atomic E-state index is 11.9. The Hall–Kier alpha value is -2.41. The molecule has 2 aromatic rings. The lowest BCUT2D eigenvalue weighted by molar-refractivity contribution is 0.355. The van der Waals surface area contributed by atoms with E-state index in [0.29, 0.717) is 23.6 Å². The molecule has 0 aliphatic heterocycles. The molecular formula is C18H24N2O4S. The van der Waals surface area contributed by atoms with Gasteiger partial charge in [0.25, 0.3) is 0 Å². The van der Waals surface area contributed by atoms with Gasteiger partial charge in [0, 0.05) is 23.1 Å². The van der Waals surface area contributed by atoms with Gasteiger partial charge in [0.1, 0.15) is 0 Å². The standard InChI is InChI=1S/C18H24N2O4S/c1-4-5-12-25(21,22)20-15-8-6-14(7-9-15)19-16-10-11-17(23-2)18(13-16)24-3/h6-11,13,19-20H,4-5,12H2,1-3H3. The van der Waals surface area contributed by atoms with E-state index in [1.54, 1.807) is 26.4 Å². The number of methoxy groups -OCH3 is 2. The number of rotatable bonds is 9. The monoisotopic (exact) mass is 364 g/mol. The van der Waals surface area contributed by atoms with Gasteiger partial charge in [-0.3, -0.25) is 4.72 Å². The number of hydrogen-bond acceptors (Lipinski definition) is 5. The molecule has 0 fully saturated rings. The number of nitrogens with one attached hydrogen (secondary N) is 2. The van der Waals surface area contributed by atoms with Gasteiger partial charge in [-0.2, -0.15) is 0 Å². The molecule has 0 saturated carbocycles. The van der Waals surface area contributed by atoms with E-state index in [2.05, 4.69) is 10.0 Å². The molecule has 6 nitrogen and oxygen atoms in total. The van der Waals surface area contributed by atoms with Crippen LogP contribution in [0.4, 0.5) is 17.1 Å². The molecule has 0 spiro atoms. The van der Waals surface area contributed by atoms with E-state index in [1.165, 1.54) is 0 Å².